The second-order valence-corrected chi connectivity index (χ2v) is 31.4. The molecule has 13 rings (SSSR count). The van der Waals surface area contributed by atoms with E-state index in [-0.39, 0.29) is 66.5 Å². The van der Waals surface area contributed by atoms with Crippen molar-refractivity contribution in [3.8, 4) is 11.5 Å². The number of likely N-dealkylation sites (N-methyl/N-ethyl adjacent to an activating group) is 3. The van der Waals surface area contributed by atoms with Crippen LogP contribution in [0.15, 0.2) is 107 Å². The summed E-state index contributed by atoms with van der Waals surface area (Å²) in [5, 5.41) is 8.64. The number of aromatic nitrogens is 3. The van der Waals surface area contributed by atoms with Gasteiger partial charge < -0.3 is 43.0 Å². The van der Waals surface area contributed by atoms with Gasteiger partial charge in [-0.1, -0.05) is 0 Å². The monoisotopic (exact) mass is 1460 g/mol. The third-order valence-corrected chi connectivity index (χ3v) is 25.4. The first-order chi connectivity index (χ1) is 47.5. The number of hydrogen-bond donors (Lipinski definition) is 2. The lowest BCUT2D eigenvalue weighted by Gasteiger charge is -2.50. The van der Waals surface area contributed by atoms with E-state index in [1.807, 2.05) is 21.1 Å². The van der Waals surface area contributed by atoms with Gasteiger partial charge in [0.15, 0.2) is 21.3 Å². The van der Waals surface area contributed by atoms with Gasteiger partial charge in [-0.2, -0.15) is 39.5 Å². The molecule has 0 atom stereocenters. The molecule has 3 aromatic heterocycles. The van der Waals surface area contributed by atoms with Gasteiger partial charge in [-0.15, -0.1) is 0 Å². The number of sulfone groups is 1. The topological polar surface area (TPSA) is 204 Å². The Morgan fingerprint density at radius 1 is 0.525 bits per heavy atom. The number of methoxy groups -OCH3 is 1. The molecule has 0 unspecified atom stereocenters. The summed E-state index contributed by atoms with van der Waals surface area (Å²) in [6, 6.07) is 23.5. The van der Waals surface area contributed by atoms with E-state index < -0.39 is 72.1 Å². The minimum atomic E-state index is -4.41. The average Bonchev–Trinajstić information content (AvgIpc) is 1.51. The number of alkyl halides is 9. The van der Waals surface area contributed by atoms with Crippen molar-refractivity contribution in [2.24, 2.45) is 0 Å². The van der Waals surface area contributed by atoms with Gasteiger partial charge >= 0.3 is 18.5 Å². The highest BCUT2D eigenvalue weighted by Crippen LogP contribution is 2.48. The second-order valence-electron chi connectivity index (χ2n) is 27.5. The Labute approximate surface area is 583 Å². The number of aliphatic hydroxyl groups excluding tert-OH is 1. The number of sulfonamides is 1. The Morgan fingerprint density at radius 2 is 0.891 bits per heavy atom. The van der Waals surface area contributed by atoms with Crippen molar-refractivity contribution in [3.05, 3.63) is 153 Å². The number of amides is 3. The molecule has 6 aromatic rings. The molecule has 31 heteroatoms. The normalized spacial score (nSPS) is 19.4. The fourth-order valence-corrected chi connectivity index (χ4v) is 18.8. The number of nitrogens with one attached hydrogen (secondary N) is 1. The van der Waals surface area contributed by atoms with Crippen LogP contribution in [0, 0.1) is 6.92 Å². The minimum Gasteiger partial charge on any atom is -0.493 e. The fourth-order valence-electron chi connectivity index (χ4n) is 15.7. The van der Waals surface area contributed by atoms with Gasteiger partial charge in [-0.3, -0.25) is 29.1 Å². The van der Waals surface area contributed by atoms with Gasteiger partial charge in [0.1, 0.15) is 23.7 Å². The highest BCUT2D eigenvalue weighted by molar-refractivity contribution is 7.92. The number of rotatable bonds is 12. The van der Waals surface area contributed by atoms with Gasteiger partial charge in [0.2, 0.25) is 10.0 Å². The number of ether oxygens (including phenoxy) is 2. The van der Waals surface area contributed by atoms with Crippen LogP contribution in [0.1, 0.15) is 137 Å². The molecule has 101 heavy (non-hydrogen) atoms. The molecule has 3 amide bonds. The van der Waals surface area contributed by atoms with Crippen LogP contribution in [0.25, 0.3) is 0 Å². The summed E-state index contributed by atoms with van der Waals surface area (Å²) in [5.41, 5.74) is 0.206. The SMILES string of the molecule is CN1CCn2c(C(F)(F)F)ccc2C12CCN(C(=O)c1ccc(S(=O)(=O)C3CC3)cc1)CC2.COc1cc(C(=O)N2CCC3(CC2)c2ccc(C(F)(F)F)n2CCN3C)ccc1OCCO.Cc1cc(C(=O)N2CCC3(CC2)c2ccc(C(F)(F)F)n2CCN3C)ccc1S(=O)(=O)NC(C)C.[HH]. The Morgan fingerprint density at radius 3 is 1.24 bits per heavy atom. The van der Waals surface area contributed by atoms with Crippen LogP contribution >= 0.6 is 0 Å². The lowest BCUT2D eigenvalue weighted by atomic mass is 9.81. The van der Waals surface area contributed by atoms with Crippen molar-refractivity contribution in [2.45, 2.75) is 148 Å². The van der Waals surface area contributed by atoms with E-state index in [1.165, 1.54) is 51.1 Å². The molecule has 1 aliphatic carbocycles. The fraction of sp³-hybridized carbons (Fsp3) is 0.529. The van der Waals surface area contributed by atoms with E-state index >= 15 is 0 Å². The van der Waals surface area contributed by atoms with Gasteiger partial charge in [-0.05, 0) is 196 Å². The number of benzene rings is 3. The quantitative estimate of drug-likeness (QED) is 0.110. The Bertz CT molecular complexity index is 4280. The highest BCUT2D eigenvalue weighted by Gasteiger charge is 2.51. The number of carbonyl (C=O) groups is 3. The molecular weight excluding hydrogens is 1380 g/mol. The highest BCUT2D eigenvalue weighted by atomic mass is 32.2. The summed E-state index contributed by atoms with van der Waals surface area (Å²) in [4.78, 5) is 51.3. The van der Waals surface area contributed by atoms with E-state index in [0.717, 1.165) is 12.1 Å². The number of nitrogens with zero attached hydrogens (tertiary/aromatic N) is 9. The molecular formula is C70H87F9N10O10S2. The zero-order valence-electron chi connectivity index (χ0n) is 57.3. The Hall–Kier alpha value is -7.42. The van der Waals surface area contributed by atoms with Gasteiger partial charge in [0.25, 0.3) is 17.7 Å². The van der Waals surface area contributed by atoms with Gasteiger partial charge in [-0.25, -0.2) is 21.6 Å². The maximum Gasteiger partial charge on any atom is 0.431 e. The standard InChI is InChI=1S/C24H31F3N4O3S.C23H28F3N3O4.C23H26F3N3O3S.H2/c1-16(2)28-35(33,34)19-6-5-18(15-17(19)3)22(32)30-11-9-23(10-12-30)20-7-8-21(24(25,26)27)31(20)14-13-29(23)4;1-27-11-12-29-19(5-6-20(29)23(24,25)26)22(27)7-9-28(10-8-22)21(31)16-3-4-17(33-14-13-30)18(15-16)32-2;1-27-14-15-29-19(8-9-20(29)23(24,25)26)22(27)10-12-28(13-11-22)21(30)16-2-4-17(5-3-16)33(31,32)18-6-7-18;/h5-8,15-16,28H,9-14H2,1-4H3;3-6,15,30H,7-14H2,1-2H3;2-5,8-9,18H,6-7,10-15H2,1H3;1H. The first-order valence-electron chi connectivity index (χ1n) is 33.7. The van der Waals surface area contributed by atoms with Crippen LogP contribution < -0.4 is 14.2 Å². The average molecular weight is 1460 g/mol. The van der Waals surface area contributed by atoms with Crippen molar-refractivity contribution >= 4 is 37.6 Å². The number of aliphatic hydroxyl groups is 1. The van der Waals surface area contributed by atoms with Gasteiger partial charge in [0.05, 0.1) is 45.4 Å². The molecule has 7 aliphatic rings. The molecule has 0 radical (unpaired) electrons. The molecule has 3 spiro atoms. The largest absolute Gasteiger partial charge is 0.493 e. The molecule has 4 fully saturated rings. The molecule has 3 saturated heterocycles. The van der Waals surface area contributed by atoms with E-state index in [0.29, 0.717) is 168 Å². The van der Waals surface area contributed by atoms with Crippen LogP contribution in [-0.4, -0.2) is 194 Å². The van der Waals surface area contributed by atoms with Crippen molar-refractivity contribution in [1.29, 1.82) is 0 Å². The molecule has 6 aliphatic heterocycles. The molecule has 552 valence electrons. The summed E-state index contributed by atoms with van der Waals surface area (Å²) >= 11 is 0. The number of fused-ring (bicyclic) bond motifs is 6. The molecule has 2 N–H and O–H groups in total. The molecule has 0 bridgehead atoms. The van der Waals surface area contributed by atoms with Crippen LogP contribution in [0.5, 0.6) is 11.5 Å². The summed E-state index contributed by atoms with van der Waals surface area (Å²) in [7, 11) is 0.284. The predicted octanol–water partition coefficient (Wildman–Crippen LogP) is 10.3. The van der Waals surface area contributed by atoms with E-state index in [9.17, 15) is 70.7 Å². The smallest absolute Gasteiger partial charge is 0.431 e. The van der Waals surface area contributed by atoms with E-state index in [1.54, 1.807) is 90.1 Å². The summed E-state index contributed by atoms with van der Waals surface area (Å²) in [6.45, 7) is 9.96. The van der Waals surface area contributed by atoms with Gasteiger partial charge in [0, 0.05) is 120 Å². The van der Waals surface area contributed by atoms with Crippen molar-refractivity contribution in [2.75, 3.05) is 100 Å². The summed E-state index contributed by atoms with van der Waals surface area (Å²) in [5.74, 6) is 0.262. The lowest BCUT2D eigenvalue weighted by Crippen LogP contribution is -2.56. The zero-order chi connectivity index (χ0) is 73.2. The molecule has 1 saturated carbocycles. The molecule has 3 aromatic carbocycles. The zero-order valence-corrected chi connectivity index (χ0v) is 58.9. The summed E-state index contributed by atoms with van der Waals surface area (Å²) in [6.07, 6.45) is -8.65. The van der Waals surface area contributed by atoms with Crippen LogP contribution in [0.4, 0.5) is 39.5 Å². The summed E-state index contributed by atoms with van der Waals surface area (Å²) < 4.78 is 188. The Kier molecular flexibility index (Phi) is 21.0. The predicted molar refractivity (Wildman–Crippen MR) is 358 cm³/mol. The minimum absolute atomic E-state index is 0. The third-order valence-electron chi connectivity index (χ3n) is 21.3. The number of halogens is 9. The first kappa shape index (κ1) is 74.8. The third kappa shape index (κ3) is 14.5. The van der Waals surface area contributed by atoms with Crippen molar-refractivity contribution < 1.29 is 86.7 Å². The molecule has 9 heterocycles. The lowest BCUT2D eigenvalue weighted by molar-refractivity contribution is -0.145. The molecule has 20 nitrogen and oxygen atoms in total. The van der Waals surface area contributed by atoms with Crippen LogP contribution in [0.3, 0.4) is 0 Å². The van der Waals surface area contributed by atoms with Crippen molar-refractivity contribution in [3.63, 3.8) is 0 Å². The van der Waals surface area contributed by atoms with E-state index in [4.69, 9.17) is 14.6 Å². The maximum absolute atomic E-state index is 13.5. The second kappa shape index (κ2) is 28.3. The maximum atomic E-state index is 13.5. The van der Waals surface area contributed by atoms with Crippen LogP contribution in [-0.2, 0) is 74.6 Å². The Balaban J connectivity index is 0.000000164. The van der Waals surface area contributed by atoms with E-state index in [2.05, 4.69) is 19.4 Å². The number of likely N-dealkylation sites (tertiary alicyclic amines) is 3. The number of aryl methyl sites for hydroxylation is 1. The first-order valence-corrected chi connectivity index (χ1v) is 36.8. The van der Waals surface area contributed by atoms with Crippen molar-refractivity contribution in [1.82, 2.24) is 47.8 Å². The number of carbonyl (C=O) groups excluding carboxylic acids is 3. The number of piperidine rings is 3. The number of hydrogen-bond acceptors (Lipinski definition) is 13. The van der Waals surface area contributed by atoms with Crippen LogP contribution in [0.2, 0.25) is 0 Å².